The minimum absolute atomic E-state index is 0.140. The molecule has 6 nitrogen and oxygen atoms in total. The van der Waals surface area contributed by atoms with E-state index in [0.29, 0.717) is 10.7 Å². The summed E-state index contributed by atoms with van der Waals surface area (Å²) < 4.78 is 0. The van der Waals surface area contributed by atoms with Crippen LogP contribution in [0.4, 0.5) is 5.13 Å². The number of hydrogen-bond donors (Lipinski definition) is 2. The van der Waals surface area contributed by atoms with Gasteiger partial charge in [-0.25, -0.2) is 4.79 Å². The van der Waals surface area contributed by atoms with Crippen molar-refractivity contribution in [2.45, 2.75) is 13.3 Å². The van der Waals surface area contributed by atoms with Crippen LogP contribution in [-0.2, 0) is 6.42 Å². The van der Waals surface area contributed by atoms with Gasteiger partial charge in [-0.15, -0.1) is 10.2 Å². The number of aromatic carboxylic acids is 1. The monoisotopic (exact) mass is 277 g/mol. The minimum atomic E-state index is -1.02. The van der Waals surface area contributed by atoms with Gasteiger partial charge >= 0.3 is 5.97 Å². The number of aromatic nitrogens is 2. The van der Waals surface area contributed by atoms with Crippen LogP contribution in [0, 0.1) is 0 Å². The van der Waals surface area contributed by atoms with Crippen molar-refractivity contribution in [3.05, 3.63) is 40.4 Å². The number of rotatable bonds is 4. The molecule has 0 saturated carbocycles. The first-order chi connectivity index (χ1) is 9.10. The SMILES string of the molecule is CCc1nnc(NC(=O)c2ccc(C(=O)O)cc2)s1. The third-order valence-corrected chi connectivity index (χ3v) is 3.37. The Morgan fingerprint density at radius 1 is 1.21 bits per heavy atom. The second kappa shape index (κ2) is 5.57. The summed E-state index contributed by atoms with van der Waals surface area (Å²) in [6.45, 7) is 1.96. The third-order valence-electron chi connectivity index (χ3n) is 2.38. The normalized spacial score (nSPS) is 10.2. The molecule has 0 aliphatic heterocycles. The Kier molecular flexibility index (Phi) is 3.86. The van der Waals surface area contributed by atoms with Gasteiger partial charge in [-0.05, 0) is 30.7 Å². The lowest BCUT2D eigenvalue weighted by atomic mass is 10.1. The highest BCUT2D eigenvalue weighted by atomic mass is 32.1. The fourth-order valence-corrected chi connectivity index (χ4v) is 2.06. The van der Waals surface area contributed by atoms with Crippen LogP contribution in [0.1, 0.15) is 32.6 Å². The summed E-state index contributed by atoms with van der Waals surface area (Å²) in [5, 5.41) is 20.4. The van der Waals surface area contributed by atoms with Crippen LogP contribution in [-0.4, -0.2) is 27.2 Å². The van der Waals surface area contributed by atoms with Gasteiger partial charge in [0.1, 0.15) is 5.01 Å². The molecule has 0 atom stereocenters. The average Bonchev–Trinajstić information content (AvgIpc) is 2.86. The molecule has 0 bridgehead atoms. The average molecular weight is 277 g/mol. The van der Waals surface area contributed by atoms with Crippen LogP contribution in [0.2, 0.25) is 0 Å². The van der Waals surface area contributed by atoms with E-state index in [0.717, 1.165) is 11.4 Å². The zero-order valence-corrected chi connectivity index (χ0v) is 10.9. The Balaban J connectivity index is 2.09. The molecule has 0 aliphatic rings. The molecule has 1 heterocycles. The molecule has 2 N–H and O–H groups in total. The van der Waals surface area contributed by atoms with Gasteiger partial charge in [0.15, 0.2) is 0 Å². The maximum atomic E-state index is 11.9. The maximum Gasteiger partial charge on any atom is 0.335 e. The molecule has 1 amide bonds. The Morgan fingerprint density at radius 3 is 2.37 bits per heavy atom. The van der Waals surface area contributed by atoms with Crippen molar-refractivity contribution in [1.29, 1.82) is 0 Å². The van der Waals surface area contributed by atoms with Gasteiger partial charge in [0.05, 0.1) is 5.56 Å². The molecule has 1 aromatic carbocycles. The van der Waals surface area contributed by atoms with Crippen LogP contribution in [0.15, 0.2) is 24.3 Å². The van der Waals surface area contributed by atoms with E-state index in [-0.39, 0.29) is 11.5 Å². The van der Waals surface area contributed by atoms with Crippen molar-refractivity contribution in [1.82, 2.24) is 10.2 Å². The number of hydrogen-bond acceptors (Lipinski definition) is 5. The predicted molar refractivity (Wildman–Crippen MR) is 70.6 cm³/mol. The highest BCUT2D eigenvalue weighted by molar-refractivity contribution is 7.15. The number of amides is 1. The zero-order chi connectivity index (χ0) is 13.8. The van der Waals surface area contributed by atoms with Gasteiger partial charge in [0, 0.05) is 5.56 Å². The second-order valence-corrected chi connectivity index (χ2v) is 4.75. The highest BCUT2D eigenvalue weighted by Gasteiger charge is 2.10. The van der Waals surface area contributed by atoms with E-state index in [2.05, 4.69) is 15.5 Å². The summed E-state index contributed by atoms with van der Waals surface area (Å²) in [5.74, 6) is -1.36. The smallest absolute Gasteiger partial charge is 0.335 e. The summed E-state index contributed by atoms with van der Waals surface area (Å²) in [7, 11) is 0. The molecule has 2 aromatic rings. The number of carbonyl (C=O) groups excluding carboxylic acids is 1. The van der Waals surface area contributed by atoms with Crippen LogP contribution in [0.3, 0.4) is 0 Å². The summed E-state index contributed by atoms with van der Waals surface area (Å²) in [6.07, 6.45) is 0.765. The fourth-order valence-electron chi connectivity index (χ4n) is 1.38. The molecule has 0 unspecified atom stereocenters. The first-order valence-electron chi connectivity index (χ1n) is 5.57. The summed E-state index contributed by atoms with van der Waals surface area (Å²) in [5.41, 5.74) is 0.513. The van der Waals surface area contributed by atoms with Crippen molar-refractivity contribution < 1.29 is 14.7 Å². The molecule has 19 heavy (non-hydrogen) atoms. The van der Waals surface area contributed by atoms with Crippen molar-refractivity contribution in [3.63, 3.8) is 0 Å². The van der Waals surface area contributed by atoms with Crippen LogP contribution >= 0.6 is 11.3 Å². The van der Waals surface area contributed by atoms with Crippen molar-refractivity contribution in [3.8, 4) is 0 Å². The van der Waals surface area contributed by atoms with E-state index in [9.17, 15) is 9.59 Å². The molecule has 98 valence electrons. The van der Waals surface area contributed by atoms with Crippen LogP contribution in [0.25, 0.3) is 0 Å². The standard InChI is InChI=1S/C12H11N3O3S/c1-2-9-14-15-12(19-9)13-10(16)7-3-5-8(6-4-7)11(17)18/h3-6H,2H2,1H3,(H,17,18)(H,13,15,16). The Labute approximate surface area is 113 Å². The summed E-state index contributed by atoms with van der Waals surface area (Å²) >= 11 is 1.32. The van der Waals surface area contributed by atoms with E-state index < -0.39 is 5.97 Å². The van der Waals surface area contributed by atoms with Crippen molar-refractivity contribution in [2.75, 3.05) is 5.32 Å². The number of carboxylic acid groups (broad SMARTS) is 1. The molecule has 0 saturated heterocycles. The molecular formula is C12H11N3O3S. The summed E-state index contributed by atoms with van der Waals surface area (Å²) in [6, 6.07) is 5.69. The zero-order valence-electron chi connectivity index (χ0n) is 10.1. The largest absolute Gasteiger partial charge is 0.478 e. The van der Waals surface area contributed by atoms with Gasteiger partial charge < -0.3 is 5.11 Å². The number of nitrogens with zero attached hydrogens (tertiary/aromatic N) is 2. The van der Waals surface area contributed by atoms with Crippen molar-refractivity contribution in [2.24, 2.45) is 0 Å². The van der Waals surface area contributed by atoms with E-state index in [1.54, 1.807) is 0 Å². The van der Waals surface area contributed by atoms with Gasteiger partial charge in [0.25, 0.3) is 5.91 Å². The van der Waals surface area contributed by atoms with E-state index in [4.69, 9.17) is 5.11 Å². The lowest BCUT2D eigenvalue weighted by Gasteiger charge is -2.01. The van der Waals surface area contributed by atoms with Gasteiger partial charge in [-0.1, -0.05) is 18.3 Å². The molecule has 2 rings (SSSR count). The maximum absolute atomic E-state index is 11.9. The first kappa shape index (κ1) is 13.2. The first-order valence-corrected chi connectivity index (χ1v) is 6.39. The van der Waals surface area contributed by atoms with Gasteiger partial charge in [0.2, 0.25) is 5.13 Å². The lowest BCUT2D eigenvalue weighted by molar-refractivity contribution is 0.0696. The van der Waals surface area contributed by atoms with Crippen LogP contribution in [0.5, 0.6) is 0 Å². The Hall–Kier alpha value is -2.28. The number of carboxylic acids is 1. The molecule has 1 aromatic heterocycles. The van der Waals surface area contributed by atoms with Crippen LogP contribution < -0.4 is 5.32 Å². The molecule has 0 radical (unpaired) electrons. The lowest BCUT2D eigenvalue weighted by Crippen LogP contribution is -2.12. The highest BCUT2D eigenvalue weighted by Crippen LogP contribution is 2.16. The number of carbonyl (C=O) groups is 2. The number of aryl methyl sites for hydroxylation is 1. The summed E-state index contributed by atoms with van der Waals surface area (Å²) in [4.78, 5) is 22.6. The number of benzene rings is 1. The topological polar surface area (TPSA) is 92.2 Å². The van der Waals surface area contributed by atoms with Gasteiger partial charge in [-0.3, -0.25) is 10.1 Å². The van der Waals surface area contributed by atoms with E-state index in [1.165, 1.54) is 35.6 Å². The predicted octanol–water partition coefficient (Wildman–Crippen LogP) is 2.05. The fraction of sp³-hybridized carbons (Fsp3) is 0.167. The molecule has 7 heteroatoms. The molecule has 0 fully saturated rings. The van der Waals surface area contributed by atoms with Crippen molar-refractivity contribution >= 4 is 28.3 Å². The van der Waals surface area contributed by atoms with E-state index >= 15 is 0 Å². The number of nitrogens with one attached hydrogen (secondary N) is 1. The Bertz CT molecular complexity index is 607. The molecule has 0 spiro atoms. The quantitative estimate of drug-likeness (QED) is 0.892. The second-order valence-electron chi connectivity index (χ2n) is 3.69. The molecular weight excluding hydrogens is 266 g/mol. The molecule has 0 aliphatic carbocycles. The third kappa shape index (κ3) is 3.14. The number of anilines is 1. The minimum Gasteiger partial charge on any atom is -0.478 e. The Morgan fingerprint density at radius 2 is 1.84 bits per heavy atom. The van der Waals surface area contributed by atoms with Gasteiger partial charge in [-0.2, -0.15) is 0 Å². The van der Waals surface area contributed by atoms with E-state index in [1.807, 2.05) is 6.92 Å².